The summed E-state index contributed by atoms with van der Waals surface area (Å²) in [6, 6.07) is 0.274. The number of hydrogen-bond donors (Lipinski definition) is 1. The number of hydrogen-bond acceptors (Lipinski definition) is 3. The van der Waals surface area contributed by atoms with Gasteiger partial charge in [0.15, 0.2) is 5.96 Å². The Bertz CT molecular complexity index is 461. The number of amides is 1. The van der Waals surface area contributed by atoms with Gasteiger partial charge in [-0.1, -0.05) is 0 Å². The maximum absolute atomic E-state index is 12.7. The minimum atomic E-state index is -0.439. The lowest BCUT2D eigenvalue weighted by Crippen LogP contribution is -2.52. The van der Waals surface area contributed by atoms with Gasteiger partial charge in [0.2, 0.25) is 0 Å². The summed E-state index contributed by atoms with van der Waals surface area (Å²) in [6.45, 7) is 14.3. The second-order valence-electron chi connectivity index (χ2n) is 8.12. The number of rotatable bonds is 5. The third kappa shape index (κ3) is 6.40. The van der Waals surface area contributed by atoms with Crippen molar-refractivity contribution >= 4 is 12.1 Å². The molecule has 0 aromatic heterocycles. The van der Waals surface area contributed by atoms with E-state index in [1.54, 1.807) is 0 Å². The van der Waals surface area contributed by atoms with Crippen LogP contribution in [-0.2, 0) is 4.74 Å². The van der Waals surface area contributed by atoms with Gasteiger partial charge in [0.1, 0.15) is 5.60 Å². The van der Waals surface area contributed by atoms with Crippen molar-refractivity contribution in [2.24, 2.45) is 10.9 Å². The number of carbonyl (C=O) groups is 1. The van der Waals surface area contributed by atoms with Crippen LogP contribution in [0.4, 0.5) is 4.79 Å². The van der Waals surface area contributed by atoms with E-state index in [9.17, 15) is 4.79 Å². The summed E-state index contributed by atoms with van der Waals surface area (Å²) in [7, 11) is 0. The van der Waals surface area contributed by atoms with Crippen LogP contribution in [0, 0.1) is 5.92 Å². The Morgan fingerprint density at radius 2 is 1.84 bits per heavy atom. The third-order valence-corrected chi connectivity index (χ3v) is 4.63. The molecule has 144 valence electrons. The van der Waals surface area contributed by atoms with Gasteiger partial charge in [-0.3, -0.25) is 4.99 Å². The number of nitrogens with one attached hydrogen (secondary N) is 1. The molecule has 1 amide bonds. The molecule has 0 bridgehead atoms. The Balaban J connectivity index is 1.96. The highest BCUT2D eigenvalue weighted by Gasteiger charge is 2.35. The average molecular weight is 353 g/mol. The molecule has 0 radical (unpaired) electrons. The number of nitrogens with zero attached hydrogens (tertiary/aromatic N) is 3. The Labute approximate surface area is 153 Å². The van der Waals surface area contributed by atoms with Crippen molar-refractivity contribution in [1.29, 1.82) is 0 Å². The number of carbonyl (C=O) groups excluding carboxylic acids is 1. The number of guanidine groups is 1. The van der Waals surface area contributed by atoms with Gasteiger partial charge in [0.25, 0.3) is 0 Å². The zero-order valence-electron chi connectivity index (χ0n) is 16.7. The first-order valence-electron chi connectivity index (χ1n) is 9.87. The zero-order valence-corrected chi connectivity index (χ0v) is 16.7. The summed E-state index contributed by atoms with van der Waals surface area (Å²) in [4.78, 5) is 21.6. The van der Waals surface area contributed by atoms with E-state index in [0.717, 1.165) is 51.5 Å². The fourth-order valence-corrected chi connectivity index (χ4v) is 3.24. The average Bonchev–Trinajstić information content (AvgIpc) is 3.35. The standard InChI is InChI=1S/C19H36N4O2/c1-6-20-17(21-7-2)22-12-10-16(11-13-22)23(14-15-8-9-15)18(24)25-19(3,4)5/h15-16H,6-14H2,1-5H3,(H,20,21). The van der Waals surface area contributed by atoms with Gasteiger partial charge in [-0.05, 0) is 66.2 Å². The van der Waals surface area contributed by atoms with E-state index in [1.165, 1.54) is 12.8 Å². The number of piperidine rings is 1. The molecule has 1 saturated carbocycles. The SMILES string of the molecule is CCN=C(NCC)N1CCC(N(CC2CC2)C(=O)OC(C)(C)C)CC1. The summed E-state index contributed by atoms with van der Waals surface area (Å²) in [5, 5.41) is 3.36. The Morgan fingerprint density at radius 3 is 2.32 bits per heavy atom. The van der Waals surface area contributed by atoms with Crippen molar-refractivity contribution < 1.29 is 9.53 Å². The van der Waals surface area contributed by atoms with Crippen molar-refractivity contribution in [3.63, 3.8) is 0 Å². The van der Waals surface area contributed by atoms with E-state index >= 15 is 0 Å². The predicted molar refractivity (Wildman–Crippen MR) is 102 cm³/mol. The van der Waals surface area contributed by atoms with Crippen LogP contribution in [0.3, 0.4) is 0 Å². The van der Waals surface area contributed by atoms with Crippen LogP contribution in [0.25, 0.3) is 0 Å². The van der Waals surface area contributed by atoms with Gasteiger partial charge in [0.05, 0.1) is 0 Å². The Hall–Kier alpha value is -1.46. The smallest absolute Gasteiger partial charge is 0.410 e. The molecule has 0 atom stereocenters. The van der Waals surface area contributed by atoms with E-state index in [2.05, 4.69) is 29.1 Å². The predicted octanol–water partition coefficient (Wildman–Crippen LogP) is 3.08. The van der Waals surface area contributed by atoms with Gasteiger partial charge in [0, 0.05) is 38.8 Å². The van der Waals surface area contributed by atoms with Crippen LogP contribution >= 0.6 is 0 Å². The van der Waals surface area contributed by atoms with E-state index in [1.807, 2.05) is 25.7 Å². The van der Waals surface area contributed by atoms with Crippen LogP contribution in [0.5, 0.6) is 0 Å². The molecule has 1 N–H and O–H groups in total. The summed E-state index contributed by atoms with van der Waals surface area (Å²) in [5.41, 5.74) is -0.439. The number of ether oxygens (including phenoxy) is 1. The summed E-state index contributed by atoms with van der Waals surface area (Å²) in [6.07, 6.45) is 4.28. The maximum Gasteiger partial charge on any atom is 0.410 e. The molecule has 2 rings (SSSR count). The Kier molecular flexibility index (Phi) is 6.96. The van der Waals surface area contributed by atoms with E-state index < -0.39 is 5.60 Å². The van der Waals surface area contributed by atoms with Gasteiger partial charge >= 0.3 is 6.09 Å². The van der Waals surface area contributed by atoms with Crippen molar-refractivity contribution in [3.05, 3.63) is 0 Å². The summed E-state index contributed by atoms with van der Waals surface area (Å²) in [5.74, 6) is 1.67. The second-order valence-corrected chi connectivity index (χ2v) is 8.12. The molecule has 2 fully saturated rings. The summed E-state index contributed by atoms with van der Waals surface area (Å²) < 4.78 is 5.67. The van der Waals surface area contributed by atoms with E-state index in [0.29, 0.717) is 5.92 Å². The van der Waals surface area contributed by atoms with Crippen LogP contribution in [0.1, 0.15) is 60.3 Å². The van der Waals surface area contributed by atoms with Crippen LogP contribution < -0.4 is 5.32 Å². The van der Waals surface area contributed by atoms with Gasteiger partial charge in [-0.25, -0.2) is 4.79 Å². The highest BCUT2D eigenvalue weighted by molar-refractivity contribution is 5.80. The fraction of sp³-hybridized carbons (Fsp3) is 0.895. The van der Waals surface area contributed by atoms with Crippen molar-refractivity contribution in [2.45, 2.75) is 71.9 Å². The van der Waals surface area contributed by atoms with Crippen molar-refractivity contribution in [2.75, 3.05) is 32.7 Å². The molecule has 0 spiro atoms. The molecule has 0 unspecified atom stereocenters. The largest absolute Gasteiger partial charge is 0.444 e. The van der Waals surface area contributed by atoms with E-state index in [-0.39, 0.29) is 12.1 Å². The molecule has 1 aliphatic heterocycles. The molecule has 0 aromatic rings. The molecular formula is C19H36N4O2. The first kappa shape index (κ1) is 19.9. The minimum absolute atomic E-state index is 0.146. The maximum atomic E-state index is 12.7. The highest BCUT2D eigenvalue weighted by atomic mass is 16.6. The normalized spacial score (nSPS) is 19.7. The molecular weight excluding hydrogens is 316 g/mol. The van der Waals surface area contributed by atoms with Gasteiger partial charge < -0.3 is 19.9 Å². The molecule has 0 aromatic carbocycles. The topological polar surface area (TPSA) is 57.2 Å². The van der Waals surface area contributed by atoms with Crippen molar-refractivity contribution in [3.8, 4) is 0 Å². The zero-order chi connectivity index (χ0) is 18.4. The molecule has 25 heavy (non-hydrogen) atoms. The molecule has 1 heterocycles. The fourth-order valence-electron chi connectivity index (χ4n) is 3.24. The van der Waals surface area contributed by atoms with Crippen molar-refractivity contribution in [1.82, 2.24) is 15.1 Å². The lowest BCUT2D eigenvalue weighted by atomic mass is 10.0. The van der Waals surface area contributed by atoms with E-state index in [4.69, 9.17) is 4.74 Å². The lowest BCUT2D eigenvalue weighted by molar-refractivity contribution is 0.00929. The molecule has 1 saturated heterocycles. The van der Waals surface area contributed by atoms with Crippen LogP contribution in [0.2, 0.25) is 0 Å². The molecule has 2 aliphatic rings. The first-order chi connectivity index (χ1) is 11.8. The minimum Gasteiger partial charge on any atom is -0.444 e. The highest BCUT2D eigenvalue weighted by Crippen LogP contribution is 2.32. The molecule has 1 aliphatic carbocycles. The quantitative estimate of drug-likeness (QED) is 0.610. The van der Waals surface area contributed by atoms with Crippen LogP contribution in [-0.4, -0.2) is 66.2 Å². The third-order valence-electron chi connectivity index (χ3n) is 4.63. The monoisotopic (exact) mass is 352 g/mol. The molecule has 6 heteroatoms. The molecule has 6 nitrogen and oxygen atoms in total. The lowest BCUT2D eigenvalue weighted by Gasteiger charge is -2.40. The first-order valence-corrected chi connectivity index (χ1v) is 9.87. The van der Waals surface area contributed by atoms with Crippen LogP contribution in [0.15, 0.2) is 4.99 Å². The van der Waals surface area contributed by atoms with Gasteiger partial charge in [-0.2, -0.15) is 0 Å². The second kappa shape index (κ2) is 8.77. The number of likely N-dealkylation sites (tertiary alicyclic amines) is 1. The summed E-state index contributed by atoms with van der Waals surface area (Å²) >= 11 is 0. The number of aliphatic imine (C=N–C) groups is 1. The Morgan fingerprint density at radius 1 is 1.20 bits per heavy atom. The van der Waals surface area contributed by atoms with Gasteiger partial charge in [-0.15, -0.1) is 0 Å².